The van der Waals surface area contributed by atoms with Crippen molar-refractivity contribution >= 4 is 23.4 Å². The number of hydrogen-bond acceptors (Lipinski definition) is 2. The van der Waals surface area contributed by atoms with Crippen molar-refractivity contribution in [2.45, 2.75) is 39.2 Å². The van der Waals surface area contributed by atoms with E-state index in [0.717, 1.165) is 25.1 Å². The fraction of sp³-hybridized carbons (Fsp3) is 0.529. The molecule has 1 fully saturated rings. The van der Waals surface area contributed by atoms with Gasteiger partial charge in [-0.1, -0.05) is 30.7 Å². The summed E-state index contributed by atoms with van der Waals surface area (Å²) in [7, 11) is 0. The minimum Gasteiger partial charge on any atom is -0.349 e. The Kier molecular flexibility index (Phi) is 5.83. The normalized spacial score (nSPS) is 19.6. The van der Waals surface area contributed by atoms with Crippen molar-refractivity contribution in [3.8, 4) is 0 Å². The Bertz CT molecular complexity index is 547. The number of rotatable bonds is 4. The number of nitrogens with one attached hydrogen (secondary N) is 1. The lowest BCUT2D eigenvalue weighted by molar-refractivity contribution is -0.133. The average molecular weight is 323 g/mol. The van der Waals surface area contributed by atoms with Gasteiger partial charge in [-0.2, -0.15) is 0 Å². The molecule has 1 heterocycles. The Balaban J connectivity index is 2.09. The highest BCUT2D eigenvalue weighted by atomic mass is 35.5. The van der Waals surface area contributed by atoms with Crippen LogP contribution in [0.4, 0.5) is 0 Å². The second-order valence-corrected chi connectivity index (χ2v) is 6.54. The number of carbonyl (C=O) groups excluding carboxylic acids is 2. The Morgan fingerprint density at radius 3 is 2.86 bits per heavy atom. The molecule has 2 unspecified atom stereocenters. The SMILES string of the molecule is CC(=O)NC(CC(=O)N1CCCC(C)C1)c1cccc(Cl)c1. The van der Waals surface area contributed by atoms with Crippen LogP contribution in [-0.4, -0.2) is 29.8 Å². The van der Waals surface area contributed by atoms with Crippen LogP contribution in [0, 0.1) is 5.92 Å². The van der Waals surface area contributed by atoms with Crippen LogP contribution in [0.3, 0.4) is 0 Å². The largest absolute Gasteiger partial charge is 0.349 e. The summed E-state index contributed by atoms with van der Waals surface area (Å²) in [4.78, 5) is 25.9. The number of benzene rings is 1. The maximum atomic E-state index is 12.5. The molecule has 1 aromatic rings. The summed E-state index contributed by atoms with van der Waals surface area (Å²) in [5.74, 6) is 0.484. The van der Waals surface area contributed by atoms with Gasteiger partial charge in [-0.05, 0) is 36.5 Å². The van der Waals surface area contributed by atoms with Gasteiger partial charge >= 0.3 is 0 Å². The highest BCUT2D eigenvalue weighted by Gasteiger charge is 2.24. The molecule has 22 heavy (non-hydrogen) atoms. The molecule has 1 saturated heterocycles. The van der Waals surface area contributed by atoms with Crippen LogP contribution in [0.5, 0.6) is 0 Å². The first-order valence-corrected chi connectivity index (χ1v) is 8.14. The maximum Gasteiger partial charge on any atom is 0.224 e. The van der Waals surface area contributed by atoms with Gasteiger partial charge in [0.2, 0.25) is 11.8 Å². The first kappa shape index (κ1) is 16.8. The van der Waals surface area contributed by atoms with E-state index in [4.69, 9.17) is 11.6 Å². The maximum absolute atomic E-state index is 12.5. The lowest BCUT2D eigenvalue weighted by Gasteiger charge is -2.32. The molecule has 1 N–H and O–H groups in total. The van der Waals surface area contributed by atoms with Gasteiger partial charge in [-0.15, -0.1) is 0 Å². The van der Waals surface area contributed by atoms with E-state index < -0.39 is 0 Å². The summed E-state index contributed by atoms with van der Waals surface area (Å²) in [6, 6.07) is 6.97. The third-order valence-electron chi connectivity index (χ3n) is 4.02. The van der Waals surface area contributed by atoms with E-state index in [-0.39, 0.29) is 24.3 Å². The molecule has 120 valence electrons. The summed E-state index contributed by atoms with van der Waals surface area (Å²) >= 11 is 6.02. The molecule has 0 saturated carbocycles. The second kappa shape index (κ2) is 7.63. The Morgan fingerprint density at radius 2 is 2.23 bits per heavy atom. The standard InChI is InChI=1S/C17H23ClN2O2/c1-12-5-4-8-20(11-12)17(22)10-16(19-13(2)21)14-6-3-7-15(18)9-14/h3,6-7,9,12,16H,4-5,8,10-11H2,1-2H3,(H,19,21). The number of nitrogens with zero attached hydrogens (tertiary/aromatic N) is 1. The van der Waals surface area contributed by atoms with Gasteiger partial charge in [-0.25, -0.2) is 0 Å². The van der Waals surface area contributed by atoms with Crippen molar-refractivity contribution in [3.05, 3.63) is 34.9 Å². The number of piperidine rings is 1. The smallest absolute Gasteiger partial charge is 0.224 e. The van der Waals surface area contributed by atoms with Gasteiger partial charge in [0.1, 0.15) is 0 Å². The van der Waals surface area contributed by atoms with Crippen LogP contribution in [0.15, 0.2) is 24.3 Å². The zero-order chi connectivity index (χ0) is 16.1. The molecule has 2 atom stereocenters. The van der Waals surface area contributed by atoms with Crippen LogP contribution in [0.1, 0.15) is 44.7 Å². The van der Waals surface area contributed by atoms with E-state index in [0.29, 0.717) is 10.9 Å². The molecule has 5 heteroatoms. The molecule has 0 spiro atoms. The first-order chi connectivity index (χ1) is 10.5. The molecular weight excluding hydrogens is 300 g/mol. The quantitative estimate of drug-likeness (QED) is 0.925. The minimum atomic E-state index is -0.332. The number of likely N-dealkylation sites (tertiary alicyclic amines) is 1. The van der Waals surface area contributed by atoms with E-state index in [1.807, 2.05) is 17.0 Å². The van der Waals surface area contributed by atoms with Crippen molar-refractivity contribution < 1.29 is 9.59 Å². The second-order valence-electron chi connectivity index (χ2n) is 6.10. The number of hydrogen-bond donors (Lipinski definition) is 1. The number of carbonyl (C=O) groups is 2. The first-order valence-electron chi connectivity index (χ1n) is 7.76. The zero-order valence-corrected chi connectivity index (χ0v) is 13.9. The van der Waals surface area contributed by atoms with Crippen LogP contribution < -0.4 is 5.32 Å². The summed E-state index contributed by atoms with van der Waals surface area (Å²) < 4.78 is 0. The lowest BCUT2D eigenvalue weighted by atomic mass is 9.98. The van der Waals surface area contributed by atoms with E-state index in [1.165, 1.54) is 13.3 Å². The van der Waals surface area contributed by atoms with E-state index in [9.17, 15) is 9.59 Å². The third kappa shape index (κ3) is 4.73. The highest BCUT2D eigenvalue weighted by molar-refractivity contribution is 6.30. The van der Waals surface area contributed by atoms with Crippen LogP contribution in [0.2, 0.25) is 5.02 Å². The van der Waals surface area contributed by atoms with Crippen molar-refractivity contribution in [3.63, 3.8) is 0 Å². The molecule has 1 aliphatic heterocycles. The number of halogens is 1. The summed E-state index contributed by atoms with van der Waals surface area (Å²) in [5.41, 5.74) is 0.862. The Morgan fingerprint density at radius 1 is 1.45 bits per heavy atom. The van der Waals surface area contributed by atoms with Gasteiger partial charge in [0.15, 0.2) is 0 Å². The van der Waals surface area contributed by atoms with Crippen LogP contribution in [0.25, 0.3) is 0 Å². The highest BCUT2D eigenvalue weighted by Crippen LogP contribution is 2.23. The molecule has 2 amide bonds. The van der Waals surface area contributed by atoms with Crippen molar-refractivity contribution in [1.29, 1.82) is 0 Å². The molecule has 0 radical (unpaired) electrons. The van der Waals surface area contributed by atoms with Crippen molar-refractivity contribution in [2.24, 2.45) is 5.92 Å². The third-order valence-corrected chi connectivity index (χ3v) is 4.25. The van der Waals surface area contributed by atoms with Gasteiger partial charge in [0, 0.05) is 25.0 Å². The fourth-order valence-electron chi connectivity index (χ4n) is 2.94. The van der Waals surface area contributed by atoms with Crippen LogP contribution in [-0.2, 0) is 9.59 Å². The van der Waals surface area contributed by atoms with Gasteiger partial charge in [0.05, 0.1) is 12.5 Å². The average Bonchev–Trinajstić information content (AvgIpc) is 2.46. The topological polar surface area (TPSA) is 49.4 Å². The molecule has 1 aliphatic rings. The minimum absolute atomic E-state index is 0.0882. The van der Waals surface area contributed by atoms with Crippen molar-refractivity contribution in [1.82, 2.24) is 10.2 Å². The van der Waals surface area contributed by atoms with E-state index >= 15 is 0 Å². The molecule has 0 aliphatic carbocycles. The summed E-state index contributed by atoms with van der Waals surface area (Å²) in [5, 5.41) is 3.46. The fourth-order valence-corrected chi connectivity index (χ4v) is 3.14. The van der Waals surface area contributed by atoms with Gasteiger partial charge in [0.25, 0.3) is 0 Å². The van der Waals surface area contributed by atoms with E-state index in [2.05, 4.69) is 12.2 Å². The molecule has 1 aromatic carbocycles. The lowest BCUT2D eigenvalue weighted by Crippen LogP contribution is -2.41. The number of amides is 2. The monoisotopic (exact) mass is 322 g/mol. The van der Waals surface area contributed by atoms with Crippen LogP contribution >= 0.6 is 11.6 Å². The molecule has 4 nitrogen and oxygen atoms in total. The molecule has 2 rings (SSSR count). The predicted octanol–water partition coefficient (Wildman–Crippen LogP) is 3.17. The molecule has 0 bridgehead atoms. The summed E-state index contributed by atoms with van der Waals surface area (Å²) in [6.07, 6.45) is 2.49. The summed E-state index contributed by atoms with van der Waals surface area (Å²) in [6.45, 7) is 5.25. The van der Waals surface area contributed by atoms with Gasteiger partial charge < -0.3 is 10.2 Å². The predicted molar refractivity (Wildman–Crippen MR) is 87.6 cm³/mol. The zero-order valence-electron chi connectivity index (χ0n) is 13.1. The Labute approximate surface area is 136 Å². The Hall–Kier alpha value is -1.55. The van der Waals surface area contributed by atoms with E-state index in [1.54, 1.807) is 12.1 Å². The molecule has 0 aromatic heterocycles. The van der Waals surface area contributed by atoms with Crippen molar-refractivity contribution in [2.75, 3.05) is 13.1 Å². The molecular formula is C17H23ClN2O2. The van der Waals surface area contributed by atoms with Gasteiger partial charge in [-0.3, -0.25) is 9.59 Å².